The third-order valence-corrected chi connectivity index (χ3v) is 3.08. The van der Waals surface area contributed by atoms with Crippen LogP contribution < -0.4 is 4.74 Å². The molecule has 0 bridgehead atoms. The molecule has 2 aromatic rings. The van der Waals surface area contributed by atoms with Gasteiger partial charge in [0.25, 0.3) is 0 Å². The molecule has 2 rings (SSSR count). The Morgan fingerprint density at radius 1 is 0.833 bits per heavy atom. The van der Waals surface area contributed by atoms with Crippen molar-refractivity contribution in [1.29, 1.82) is 0 Å². The van der Waals surface area contributed by atoms with Gasteiger partial charge in [-0.3, -0.25) is 0 Å². The van der Waals surface area contributed by atoms with Crippen molar-refractivity contribution in [2.24, 2.45) is 0 Å². The van der Waals surface area contributed by atoms with Crippen molar-refractivity contribution in [3.63, 3.8) is 0 Å². The van der Waals surface area contributed by atoms with Crippen molar-refractivity contribution in [2.45, 2.75) is 6.10 Å². The summed E-state index contributed by atoms with van der Waals surface area (Å²) in [5.41, 5.74) is 2.16. The average molecular weight is 263 g/mol. The van der Waals surface area contributed by atoms with Crippen LogP contribution in [-0.4, -0.2) is 14.2 Å². The Labute approximate surface area is 112 Å². The summed E-state index contributed by atoms with van der Waals surface area (Å²) in [6.07, 6.45) is -0.0897. The normalized spacial score (nSPS) is 12.2. The van der Waals surface area contributed by atoms with Gasteiger partial charge in [-0.1, -0.05) is 35.9 Å². The smallest absolute Gasteiger partial charge is 0.118 e. The molecule has 2 nitrogen and oxygen atoms in total. The number of hydrogen-bond acceptors (Lipinski definition) is 2. The molecule has 0 aliphatic carbocycles. The lowest BCUT2D eigenvalue weighted by Gasteiger charge is -2.16. The summed E-state index contributed by atoms with van der Waals surface area (Å²) >= 11 is 5.89. The molecule has 94 valence electrons. The lowest BCUT2D eigenvalue weighted by atomic mass is 10.0. The van der Waals surface area contributed by atoms with Gasteiger partial charge in [0.05, 0.1) is 7.11 Å². The summed E-state index contributed by atoms with van der Waals surface area (Å²) < 4.78 is 10.7. The Kier molecular flexibility index (Phi) is 4.24. The Morgan fingerprint density at radius 3 is 1.78 bits per heavy atom. The topological polar surface area (TPSA) is 18.5 Å². The molecule has 2 aromatic carbocycles. The van der Waals surface area contributed by atoms with Crippen molar-refractivity contribution in [2.75, 3.05) is 14.2 Å². The third-order valence-electron chi connectivity index (χ3n) is 2.83. The van der Waals surface area contributed by atoms with Crippen LogP contribution in [-0.2, 0) is 4.74 Å². The summed E-state index contributed by atoms with van der Waals surface area (Å²) in [5, 5.41) is 0.725. The number of rotatable bonds is 4. The molecule has 1 unspecified atom stereocenters. The first-order chi connectivity index (χ1) is 8.74. The van der Waals surface area contributed by atoms with Crippen molar-refractivity contribution in [1.82, 2.24) is 0 Å². The van der Waals surface area contributed by atoms with E-state index < -0.39 is 0 Å². The van der Waals surface area contributed by atoms with E-state index in [1.165, 1.54) is 0 Å². The molecule has 0 heterocycles. The summed E-state index contributed by atoms with van der Waals surface area (Å²) in [6, 6.07) is 15.5. The molecule has 0 saturated carbocycles. The SMILES string of the molecule is COc1ccc(C(OC)c2ccc(Cl)cc2)cc1. The molecule has 0 radical (unpaired) electrons. The van der Waals surface area contributed by atoms with Gasteiger partial charge in [-0.15, -0.1) is 0 Å². The van der Waals surface area contributed by atoms with Crippen LogP contribution in [0, 0.1) is 0 Å². The van der Waals surface area contributed by atoms with Crippen LogP contribution in [0.15, 0.2) is 48.5 Å². The van der Waals surface area contributed by atoms with Gasteiger partial charge in [0, 0.05) is 12.1 Å². The molecule has 0 amide bonds. The number of hydrogen-bond donors (Lipinski definition) is 0. The lowest BCUT2D eigenvalue weighted by molar-refractivity contribution is 0.136. The van der Waals surface area contributed by atoms with E-state index in [4.69, 9.17) is 21.1 Å². The zero-order chi connectivity index (χ0) is 13.0. The summed E-state index contributed by atoms with van der Waals surface area (Å²) in [6.45, 7) is 0. The largest absolute Gasteiger partial charge is 0.497 e. The highest BCUT2D eigenvalue weighted by atomic mass is 35.5. The molecule has 0 aliphatic rings. The standard InChI is InChI=1S/C15H15ClO2/c1-17-14-9-5-12(6-10-14)15(18-2)11-3-7-13(16)8-4-11/h3-10,15H,1-2H3. The van der Waals surface area contributed by atoms with Crippen LogP contribution in [0.25, 0.3) is 0 Å². The van der Waals surface area contributed by atoms with Gasteiger partial charge in [-0.25, -0.2) is 0 Å². The van der Waals surface area contributed by atoms with E-state index in [0.29, 0.717) is 0 Å². The first kappa shape index (κ1) is 12.9. The first-order valence-electron chi connectivity index (χ1n) is 5.67. The van der Waals surface area contributed by atoms with Gasteiger partial charge < -0.3 is 9.47 Å². The fourth-order valence-corrected chi connectivity index (χ4v) is 2.01. The zero-order valence-corrected chi connectivity index (χ0v) is 11.1. The highest BCUT2D eigenvalue weighted by molar-refractivity contribution is 6.30. The molecule has 0 N–H and O–H groups in total. The minimum absolute atomic E-state index is 0.0897. The van der Waals surface area contributed by atoms with E-state index >= 15 is 0 Å². The van der Waals surface area contributed by atoms with Gasteiger partial charge in [0.15, 0.2) is 0 Å². The van der Waals surface area contributed by atoms with Gasteiger partial charge in [-0.2, -0.15) is 0 Å². The molecule has 0 aromatic heterocycles. The number of halogens is 1. The predicted molar refractivity (Wildman–Crippen MR) is 73.3 cm³/mol. The Bertz CT molecular complexity index is 491. The van der Waals surface area contributed by atoms with Crippen LogP contribution in [0.1, 0.15) is 17.2 Å². The third kappa shape index (κ3) is 2.84. The molecular weight excluding hydrogens is 248 g/mol. The molecule has 3 heteroatoms. The minimum atomic E-state index is -0.0897. The lowest BCUT2D eigenvalue weighted by Crippen LogP contribution is -2.03. The van der Waals surface area contributed by atoms with Gasteiger partial charge in [-0.05, 0) is 35.4 Å². The Balaban J connectivity index is 2.29. The van der Waals surface area contributed by atoms with E-state index in [9.17, 15) is 0 Å². The number of ether oxygens (including phenoxy) is 2. The molecule has 1 atom stereocenters. The highest BCUT2D eigenvalue weighted by Gasteiger charge is 2.12. The minimum Gasteiger partial charge on any atom is -0.497 e. The van der Waals surface area contributed by atoms with Gasteiger partial charge >= 0.3 is 0 Å². The molecule has 0 aliphatic heterocycles. The van der Waals surface area contributed by atoms with Crippen LogP contribution in [0.5, 0.6) is 5.75 Å². The summed E-state index contributed by atoms with van der Waals surface area (Å²) in [7, 11) is 3.35. The van der Waals surface area contributed by atoms with Gasteiger partial charge in [0.1, 0.15) is 11.9 Å². The number of methoxy groups -OCH3 is 2. The first-order valence-corrected chi connectivity index (χ1v) is 6.04. The average Bonchev–Trinajstić information content (AvgIpc) is 2.42. The molecule has 18 heavy (non-hydrogen) atoms. The van der Waals surface area contributed by atoms with Crippen molar-refractivity contribution in [3.05, 3.63) is 64.7 Å². The van der Waals surface area contributed by atoms with E-state index in [0.717, 1.165) is 21.9 Å². The zero-order valence-electron chi connectivity index (χ0n) is 10.4. The monoisotopic (exact) mass is 262 g/mol. The predicted octanol–water partition coefficient (Wildman–Crippen LogP) is 4.08. The molecule has 0 saturated heterocycles. The van der Waals surface area contributed by atoms with Gasteiger partial charge in [0.2, 0.25) is 0 Å². The molecule has 0 spiro atoms. The summed E-state index contributed by atoms with van der Waals surface area (Å²) in [5.74, 6) is 0.838. The fraction of sp³-hybridized carbons (Fsp3) is 0.200. The quantitative estimate of drug-likeness (QED) is 0.826. The van der Waals surface area contributed by atoms with Crippen LogP contribution >= 0.6 is 11.6 Å². The Hall–Kier alpha value is -1.51. The maximum atomic E-state index is 5.89. The van der Waals surface area contributed by atoms with E-state index in [-0.39, 0.29) is 6.10 Å². The van der Waals surface area contributed by atoms with Crippen molar-refractivity contribution in [3.8, 4) is 5.75 Å². The maximum Gasteiger partial charge on any atom is 0.118 e. The van der Waals surface area contributed by atoms with Crippen molar-refractivity contribution >= 4 is 11.6 Å². The molecular formula is C15H15ClO2. The second-order valence-electron chi connectivity index (χ2n) is 3.94. The van der Waals surface area contributed by atoms with Crippen LogP contribution in [0.3, 0.4) is 0 Å². The van der Waals surface area contributed by atoms with E-state index in [1.54, 1.807) is 14.2 Å². The summed E-state index contributed by atoms with van der Waals surface area (Å²) in [4.78, 5) is 0. The molecule has 0 fully saturated rings. The highest BCUT2D eigenvalue weighted by Crippen LogP contribution is 2.27. The fourth-order valence-electron chi connectivity index (χ4n) is 1.88. The Morgan fingerprint density at radius 2 is 1.33 bits per heavy atom. The van der Waals surface area contributed by atoms with E-state index in [1.807, 2.05) is 48.5 Å². The van der Waals surface area contributed by atoms with Crippen LogP contribution in [0.4, 0.5) is 0 Å². The second kappa shape index (κ2) is 5.89. The van der Waals surface area contributed by atoms with E-state index in [2.05, 4.69) is 0 Å². The van der Waals surface area contributed by atoms with Crippen LogP contribution in [0.2, 0.25) is 5.02 Å². The number of benzene rings is 2. The second-order valence-corrected chi connectivity index (χ2v) is 4.38. The maximum absolute atomic E-state index is 5.89. The van der Waals surface area contributed by atoms with Crippen molar-refractivity contribution < 1.29 is 9.47 Å².